The third-order valence-corrected chi connectivity index (χ3v) is 2.61. The van der Waals surface area contributed by atoms with Crippen LogP contribution in [0.25, 0.3) is 0 Å². The molecule has 1 heterocycles. The number of aliphatic hydroxyl groups excluding tert-OH is 2. The summed E-state index contributed by atoms with van der Waals surface area (Å²) < 4.78 is 0. The fourth-order valence-electron chi connectivity index (χ4n) is 1.59. The SMILES string of the molecule is CC/C=C/[C@@H](O)[C@H](CO)NC(=O)Cc1cccnc1. The number of nitrogens with zero attached hydrogens (tertiary/aromatic N) is 1. The Hall–Kier alpha value is -1.72. The lowest BCUT2D eigenvalue weighted by atomic mass is 10.1. The van der Waals surface area contributed by atoms with E-state index in [0.717, 1.165) is 12.0 Å². The summed E-state index contributed by atoms with van der Waals surface area (Å²) in [6.07, 6.45) is 6.69. The zero-order chi connectivity index (χ0) is 14.1. The molecule has 1 amide bonds. The number of aromatic nitrogens is 1. The molecule has 0 bridgehead atoms. The van der Waals surface area contributed by atoms with Crippen LogP contribution in [0, 0.1) is 0 Å². The van der Waals surface area contributed by atoms with Gasteiger partial charge < -0.3 is 15.5 Å². The summed E-state index contributed by atoms with van der Waals surface area (Å²) in [4.78, 5) is 15.7. The molecule has 1 rings (SSSR count). The van der Waals surface area contributed by atoms with Crippen molar-refractivity contribution in [2.45, 2.75) is 31.9 Å². The summed E-state index contributed by atoms with van der Waals surface area (Å²) in [5.41, 5.74) is 0.787. The summed E-state index contributed by atoms with van der Waals surface area (Å²) in [7, 11) is 0. The Morgan fingerprint density at radius 1 is 1.58 bits per heavy atom. The molecular weight excluding hydrogens is 244 g/mol. The minimum atomic E-state index is -0.886. The number of nitrogens with one attached hydrogen (secondary N) is 1. The molecule has 3 N–H and O–H groups in total. The Bertz CT molecular complexity index is 406. The molecule has 5 nitrogen and oxygen atoms in total. The summed E-state index contributed by atoms with van der Waals surface area (Å²) >= 11 is 0. The fraction of sp³-hybridized carbons (Fsp3) is 0.429. The third kappa shape index (κ3) is 5.63. The maximum absolute atomic E-state index is 11.8. The molecule has 1 aromatic heterocycles. The van der Waals surface area contributed by atoms with Crippen LogP contribution in [0.1, 0.15) is 18.9 Å². The van der Waals surface area contributed by atoms with Crippen LogP contribution in [0.2, 0.25) is 0 Å². The van der Waals surface area contributed by atoms with Crippen molar-refractivity contribution < 1.29 is 15.0 Å². The quantitative estimate of drug-likeness (QED) is 0.624. The molecule has 19 heavy (non-hydrogen) atoms. The highest BCUT2D eigenvalue weighted by molar-refractivity contribution is 5.78. The Kier molecular flexibility index (Phi) is 6.78. The zero-order valence-electron chi connectivity index (χ0n) is 11.0. The number of hydrogen-bond donors (Lipinski definition) is 3. The van der Waals surface area contributed by atoms with Gasteiger partial charge in [-0.1, -0.05) is 25.1 Å². The van der Waals surface area contributed by atoms with Crippen LogP contribution >= 0.6 is 0 Å². The average Bonchev–Trinajstić information content (AvgIpc) is 2.43. The normalized spacial score (nSPS) is 14.3. The Balaban J connectivity index is 2.51. The fourth-order valence-corrected chi connectivity index (χ4v) is 1.59. The maximum atomic E-state index is 11.8. The molecule has 0 unspecified atom stereocenters. The summed E-state index contributed by atoms with van der Waals surface area (Å²) in [5.74, 6) is -0.254. The summed E-state index contributed by atoms with van der Waals surface area (Å²) in [5, 5.41) is 21.6. The first-order valence-corrected chi connectivity index (χ1v) is 6.31. The van der Waals surface area contributed by atoms with E-state index in [1.54, 1.807) is 36.7 Å². The number of hydrogen-bond acceptors (Lipinski definition) is 4. The minimum absolute atomic E-state index is 0.175. The Morgan fingerprint density at radius 2 is 2.37 bits per heavy atom. The molecule has 0 aromatic carbocycles. The molecule has 0 aliphatic carbocycles. The molecule has 0 fully saturated rings. The van der Waals surface area contributed by atoms with Crippen LogP contribution in [-0.2, 0) is 11.2 Å². The molecule has 2 atom stereocenters. The van der Waals surface area contributed by atoms with Crippen LogP contribution in [0.5, 0.6) is 0 Å². The number of carbonyl (C=O) groups is 1. The highest BCUT2D eigenvalue weighted by atomic mass is 16.3. The monoisotopic (exact) mass is 264 g/mol. The van der Waals surface area contributed by atoms with Crippen molar-refractivity contribution in [1.29, 1.82) is 0 Å². The van der Waals surface area contributed by atoms with Gasteiger partial charge in [-0.05, 0) is 18.1 Å². The number of amides is 1. The molecule has 5 heteroatoms. The zero-order valence-corrected chi connectivity index (χ0v) is 11.0. The minimum Gasteiger partial charge on any atom is -0.394 e. The van der Waals surface area contributed by atoms with E-state index < -0.39 is 12.1 Å². The van der Waals surface area contributed by atoms with Gasteiger partial charge in [0.2, 0.25) is 5.91 Å². The van der Waals surface area contributed by atoms with Gasteiger partial charge in [-0.3, -0.25) is 9.78 Å². The van der Waals surface area contributed by atoms with Gasteiger partial charge in [-0.15, -0.1) is 0 Å². The molecule has 0 saturated heterocycles. The standard InChI is InChI=1S/C14H20N2O3/c1-2-3-6-13(18)12(10-17)16-14(19)8-11-5-4-7-15-9-11/h3-7,9,12-13,17-18H,2,8,10H2,1H3,(H,16,19)/b6-3+/t12-,13+/m0/s1. The average molecular weight is 264 g/mol. The molecule has 0 aliphatic heterocycles. The second-order valence-electron chi connectivity index (χ2n) is 4.22. The second-order valence-corrected chi connectivity index (χ2v) is 4.22. The van der Waals surface area contributed by atoms with Crippen LogP contribution in [-0.4, -0.2) is 39.9 Å². The lowest BCUT2D eigenvalue weighted by molar-refractivity contribution is -0.122. The lowest BCUT2D eigenvalue weighted by Crippen LogP contribution is -2.45. The van der Waals surface area contributed by atoms with Gasteiger partial charge in [-0.25, -0.2) is 0 Å². The third-order valence-electron chi connectivity index (χ3n) is 2.61. The highest BCUT2D eigenvalue weighted by Crippen LogP contribution is 2.00. The van der Waals surface area contributed by atoms with E-state index in [0.29, 0.717) is 0 Å². The molecule has 0 spiro atoms. The molecule has 104 valence electrons. The molecule has 0 radical (unpaired) electrons. The Morgan fingerprint density at radius 3 is 2.95 bits per heavy atom. The smallest absolute Gasteiger partial charge is 0.224 e. The van der Waals surface area contributed by atoms with Crippen molar-refractivity contribution in [2.75, 3.05) is 6.61 Å². The maximum Gasteiger partial charge on any atom is 0.224 e. The van der Waals surface area contributed by atoms with Gasteiger partial charge in [0.15, 0.2) is 0 Å². The van der Waals surface area contributed by atoms with Crippen LogP contribution < -0.4 is 5.32 Å². The van der Waals surface area contributed by atoms with Crippen molar-refractivity contribution in [3.05, 3.63) is 42.2 Å². The van der Waals surface area contributed by atoms with Crippen molar-refractivity contribution in [3.63, 3.8) is 0 Å². The lowest BCUT2D eigenvalue weighted by Gasteiger charge is -2.19. The van der Waals surface area contributed by atoms with Crippen molar-refractivity contribution in [2.24, 2.45) is 0 Å². The van der Waals surface area contributed by atoms with Gasteiger partial charge in [0.25, 0.3) is 0 Å². The van der Waals surface area contributed by atoms with Gasteiger partial charge in [0.1, 0.15) is 0 Å². The van der Waals surface area contributed by atoms with E-state index in [2.05, 4.69) is 10.3 Å². The first kappa shape index (κ1) is 15.3. The van der Waals surface area contributed by atoms with Gasteiger partial charge >= 0.3 is 0 Å². The van der Waals surface area contributed by atoms with Crippen molar-refractivity contribution in [1.82, 2.24) is 10.3 Å². The number of aliphatic hydroxyl groups is 2. The topological polar surface area (TPSA) is 82.5 Å². The Labute approximate surface area is 113 Å². The van der Waals surface area contributed by atoms with Crippen LogP contribution in [0.3, 0.4) is 0 Å². The second kappa shape index (κ2) is 8.39. The highest BCUT2D eigenvalue weighted by Gasteiger charge is 2.18. The number of rotatable bonds is 7. The first-order chi connectivity index (χ1) is 9.17. The van der Waals surface area contributed by atoms with E-state index in [1.807, 2.05) is 6.92 Å². The number of pyridine rings is 1. The van der Waals surface area contributed by atoms with Crippen molar-refractivity contribution >= 4 is 5.91 Å². The number of carbonyl (C=O) groups excluding carboxylic acids is 1. The van der Waals surface area contributed by atoms with Gasteiger partial charge in [-0.2, -0.15) is 0 Å². The summed E-state index contributed by atoms with van der Waals surface area (Å²) in [6, 6.07) is 2.87. The predicted octanol–water partition coefficient (Wildman–Crippen LogP) is 0.428. The first-order valence-electron chi connectivity index (χ1n) is 6.31. The van der Waals surface area contributed by atoms with Gasteiger partial charge in [0.05, 0.1) is 25.2 Å². The molecular formula is C14H20N2O3. The van der Waals surface area contributed by atoms with Crippen LogP contribution in [0.15, 0.2) is 36.7 Å². The summed E-state index contributed by atoms with van der Waals surface area (Å²) in [6.45, 7) is 1.63. The van der Waals surface area contributed by atoms with Gasteiger partial charge in [0, 0.05) is 12.4 Å². The molecule has 1 aromatic rings. The largest absolute Gasteiger partial charge is 0.394 e. The molecule has 0 saturated carbocycles. The predicted molar refractivity (Wildman–Crippen MR) is 72.4 cm³/mol. The van der Waals surface area contributed by atoms with E-state index in [1.165, 1.54) is 0 Å². The van der Waals surface area contributed by atoms with Crippen LogP contribution in [0.4, 0.5) is 0 Å². The molecule has 0 aliphatic rings. The van der Waals surface area contributed by atoms with E-state index in [-0.39, 0.29) is 18.9 Å². The van der Waals surface area contributed by atoms with Crippen molar-refractivity contribution in [3.8, 4) is 0 Å². The van der Waals surface area contributed by atoms with E-state index in [9.17, 15) is 15.0 Å². The van der Waals surface area contributed by atoms with E-state index in [4.69, 9.17) is 0 Å². The van der Waals surface area contributed by atoms with E-state index >= 15 is 0 Å². The number of allylic oxidation sites excluding steroid dienone is 1.